The lowest BCUT2D eigenvalue weighted by molar-refractivity contribution is -0.116. The van der Waals surface area contributed by atoms with Gasteiger partial charge in [-0.3, -0.25) is 4.79 Å². The van der Waals surface area contributed by atoms with Gasteiger partial charge in [0.2, 0.25) is 5.91 Å². The fourth-order valence-corrected chi connectivity index (χ4v) is 1.21. The number of amides is 1. The fourth-order valence-electron chi connectivity index (χ4n) is 0.992. The monoisotopic (exact) mass is 305 g/mol. The molecule has 0 fully saturated rings. The summed E-state index contributed by atoms with van der Waals surface area (Å²) in [6.45, 7) is 2.45. The highest BCUT2D eigenvalue weighted by Crippen LogP contribution is 2.08. The van der Waals surface area contributed by atoms with E-state index in [-0.39, 0.29) is 5.91 Å². The van der Waals surface area contributed by atoms with Crippen LogP contribution in [0.4, 0.5) is 5.69 Å². The minimum Gasteiger partial charge on any atom is -0.326 e. The number of carbonyl (C=O) groups is 1. The van der Waals surface area contributed by atoms with Crippen LogP contribution < -0.4 is 5.32 Å². The molecule has 1 rings (SSSR count). The highest BCUT2D eigenvalue weighted by atomic mass is 127. The molecule has 0 radical (unpaired) electrons. The number of hydrogen-bond acceptors (Lipinski definition) is 2. The maximum absolute atomic E-state index is 11.3. The minimum absolute atomic E-state index is 0.0227. The van der Waals surface area contributed by atoms with E-state index >= 15 is 0 Å². The summed E-state index contributed by atoms with van der Waals surface area (Å²) in [4.78, 5) is 11.3. The smallest absolute Gasteiger partial charge is 0.226 e. The molecule has 0 unspecified atom stereocenters. The van der Waals surface area contributed by atoms with Crippen molar-refractivity contribution in [1.29, 1.82) is 0 Å². The van der Waals surface area contributed by atoms with Crippen molar-refractivity contribution in [2.75, 3.05) is 11.9 Å². The maximum Gasteiger partial charge on any atom is 0.226 e. The van der Waals surface area contributed by atoms with E-state index < -0.39 is 0 Å². The molecule has 1 aromatic carbocycles. The summed E-state index contributed by atoms with van der Waals surface area (Å²) in [7, 11) is 0. The third-order valence-electron chi connectivity index (χ3n) is 1.74. The number of anilines is 1. The Hall–Kier alpha value is -0.620. The molecule has 1 amide bonds. The van der Waals surface area contributed by atoms with Crippen molar-refractivity contribution in [3.63, 3.8) is 0 Å². The first kappa shape index (κ1) is 11.5. The van der Waals surface area contributed by atoms with Crippen molar-refractivity contribution >= 4 is 34.6 Å². The van der Waals surface area contributed by atoms with Gasteiger partial charge in [0, 0.05) is 5.69 Å². The zero-order valence-corrected chi connectivity index (χ0v) is 10.1. The topological polar surface area (TPSA) is 38.3 Å². The highest BCUT2D eigenvalue weighted by molar-refractivity contribution is 14.1. The van der Waals surface area contributed by atoms with Crippen molar-refractivity contribution in [1.82, 2.24) is 0 Å². The molecule has 14 heavy (non-hydrogen) atoms. The second-order valence-electron chi connectivity index (χ2n) is 2.98. The van der Waals surface area contributed by atoms with Crippen LogP contribution in [0.5, 0.6) is 0 Å². The van der Waals surface area contributed by atoms with Crippen LogP contribution in [-0.2, 0) is 7.86 Å². The predicted molar refractivity (Wildman–Crippen MR) is 64.4 cm³/mol. The second-order valence-corrected chi connectivity index (χ2v) is 3.60. The van der Waals surface area contributed by atoms with Crippen LogP contribution in [0.2, 0.25) is 0 Å². The summed E-state index contributed by atoms with van der Waals surface area (Å²) in [6.07, 6.45) is 0.386. The van der Waals surface area contributed by atoms with Gasteiger partial charge in [-0.1, -0.05) is 17.7 Å². The largest absolute Gasteiger partial charge is 0.326 e. The summed E-state index contributed by atoms with van der Waals surface area (Å²) >= 11 is 1.78. The fraction of sp³-hybridized carbons (Fsp3) is 0.300. The van der Waals surface area contributed by atoms with E-state index in [0.717, 1.165) is 5.69 Å². The molecule has 0 bridgehead atoms. The first-order valence-corrected chi connectivity index (χ1v) is 5.20. The van der Waals surface area contributed by atoms with Crippen LogP contribution in [0.1, 0.15) is 12.0 Å². The number of halogens is 1. The van der Waals surface area contributed by atoms with Gasteiger partial charge in [-0.15, -0.1) is 0 Å². The zero-order valence-electron chi connectivity index (χ0n) is 7.92. The average molecular weight is 305 g/mol. The molecule has 1 N–H and O–H groups in total. The third-order valence-corrected chi connectivity index (χ3v) is 2.18. The summed E-state index contributed by atoms with van der Waals surface area (Å²) in [5.74, 6) is -0.0227. The van der Waals surface area contributed by atoms with Crippen LogP contribution in [0.15, 0.2) is 24.3 Å². The van der Waals surface area contributed by atoms with Crippen molar-refractivity contribution in [3.8, 4) is 0 Å². The lowest BCUT2D eigenvalue weighted by Crippen LogP contribution is -2.12. The van der Waals surface area contributed by atoms with Gasteiger partial charge in [-0.05, 0) is 19.1 Å². The molecule has 0 aliphatic rings. The number of rotatable bonds is 4. The Labute approximate surface area is 97.5 Å². The molecule has 0 aliphatic heterocycles. The van der Waals surface area contributed by atoms with E-state index in [1.54, 1.807) is 23.0 Å². The summed E-state index contributed by atoms with van der Waals surface area (Å²) in [5, 5.41) is 2.78. The lowest BCUT2D eigenvalue weighted by Gasteiger charge is -2.04. The Morgan fingerprint density at radius 1 is 1.43 bits per heavy atom. The molecule has 1 aromatic rings. The standard InChI is InChI=1S/C10H12INO2/c1-8-2-4-9(5-3-8)12-10(13)6-7-14-11/h2-5H,6-7H2,1H3,(H,12,13). The normalized spacial score (nSPS) is 9.86. The molecular formula is C10H12INO2. The molecule has 76 valence electrons. The van der Waals surface area contributed by atoms with Crippen LogP contribution in [0.3, 0.4) is 0 Å². The van der Waals surface area contributed by atoms with Gasteiger partial charge in [0.25, 0.3) is 0 Å². The molecule has 0 heterocycles. The molecule has 0 spiro atoms. The van der Waals surface area contributed by atoms with E-state index in [1.165, 1.54) is 5.56 Å². The Balaban J connectivity index is 2.44. The molecule has 3 nitrogen and oxygen atoms in total. The van der Waals surface area contributed by atoms with Gasteiger partial charge in [-0.25, -0.2) is 0 Å². The van der Waals surface area contributed by atoms with E-state index in [2.05, 4.69) is 5.32 Å². The van der Waals surface area contributed by atoms with Crippen molar-refractivity contribution < 1.29 is 7.86 Å². The first-order chi connectivity index (χ1) is 6.72. The number of benzene rings is 1. The van der Waals surface area contributed by atoms with E-state index in [0.29, 0.717) is 13.0 Å². The second kappa shape index (κ2) is 5.98. The first-order valence-electron chi connectivity index (χ1n) is 4.32. The predicted octanol–water partition coefficient (Wildman–Crippen LogP) is 2.69. The zero-order chi connectivity index (χ0) is 10.4. The van der Waals surface area contributed by atoms with Gasteiger partial charge in [-0.2, -0.15) is 0 Å². The SMILES string of the molecule is Cc1ccc(NC(=O)CCOI)cc1. The van der Waals surface area contributed by atoms with Crippen LogP contribution in [-0.4, -0.2) is 12.5 Å². The Bertz CT molecular complexity index is 297. The number of aryl methyl sites for hydroxylation is 1. The molecule has 0 aliphatic carbocycles. The number of carbonyl (C=O) groups excluding carboxylic acids is 1. The van der Waals surface area contributed by atoms with E-state index in [4.69, 9.17) is 3.07 Å². The highest BCUT2D eigenvalue weighted by Gasteiger charge is 2.00. The van der Waals surface area contributed by atoms with Gasteiger partial charge in [0.15, 0.2) is 0 Å². The third kappa shape index (κ3) is 4.06. The van der Waals surface area contributed by atoms with Crippen molar-refractivity contribution in [2.45, 2.75) is 13.3 Å². The van der Waals surface area contributed by atoms with E-state index in [9.17, 15) is 4.79 Å². The van der Waals surface area contributed by atoms with Crippen LogP contribution in [0.25, 0.3) is 0 Å². The molecule has 4 heteroatoms. The molecule has 0 saturated carbocycles. The molecule has 0 atom stereocenters. The van der Waals surface area contributed by atoms with Crippen molar-refractivity contribution in [3.05, 3.63) is 29.8 Å². The Kier molecular flexibility index (Phi) is 4.89. The van der Waals surface area contributed by atoms with Crippen molar-refractivity contribution in [2.24, 2.45) is 0 Å². The number of nitrogens with one attached hydrogen (secondary N) is 1. The lowest BCUT2D eigenvalue weighted by atomic mass is 10.2. The summed E-state index contributed by atoms with van der Waals surface area (Å²) in [5.41, 5.74) is 2.01. The maximum atomic E-state index is 11.3. The summed E-state index contributed by atoms with van der Waals surface area (Å²) in [6, 6.07) is 7.70. The molecule has 0 saturated heterocycles. The summed E-state index contributed by atoms with van der Waals surface area (Å²) < 4.78 is 4.78. The van der Waals surface area contributed by atoms with Gasteiger partial charge >= 0.3 is 0 Å². The van der Waals surface area contributed by atoms with Crippen LogP contribution in [0, 0.1) is 6.92 Å². The van der Waals surface area contributed by atoms with Gasteiger partial charge in [0.1, 0.15) is 23.0 Å². The average Bonchev–Trinajstić information content (AvgIpc) is 2.18. The van der Waals surface area contributed by atoms with Crippen LogP contribution >= 0.6 is 23.0 Å². The van der Waals surface area contributed by atoms with Gasteiger partial charge < -0.3 is 8.38 Å². The molecule has 0 aromatic heterocycles. The van der Waals surface area contributed by atoms with E-state index in [1.807, 2.05) is 31.2 Å². The minimum atomic E-state index is -0.0227. The Morgan fingerprint density at radius 2 is 2.07 bits per heavy atom. The number of hydrogen-bond donors (Lipinski definition) is 1. The quantitative estimate of drug-likeness (QED) is 0.869. The molecular weight excluding hydrogens is 293 g/mol. The Morgan fingerprint density at radius 3 is 2.64 bits per heavy atom. The van der Waals surface area contributed by atoms with Gasteiger partial charge in [0.05, 0.1) is 13.0 Å².